The summed E-state index contributed by atoms with van der Waals surface area (Å²) in [5.41, 5.74) is 1.17. The fourth-order valence-electron chi connectivity index (χ4n) is 2.11. The number of carbonyl (C=O) groups is 1. The largest absolute Gasteiger partial charge is 0.492 e. The minimum Gasteiger partial charge on any atom is -0.492 e. The predicted molar refractivity (Wildman–Crippen MR) is 90.7 cm³/mol. The highest BCUT2D eigenvalue weighted by Gasteiger charge is 2.16. The topological polar surface area (TPSA) is 50.4 Å². The van der Waals surface area contributed by atoms with Crippen molar-refractivity contribution in [3.05, 3.63) is 29.8 Å². The molecule has 0 bridgehead atoms. The molecule has 0 aromatic heterocycles. The number of amides is 1. The summed E-state index contributed by atoms with van der Waals surface area (Å²) in [7, 11) is 0. The summed E-state index contributed by atoms with van der Waals surface area (Å²) in [4.78, 5) is 11.8. The van der Waals surface area contributed by atoms with Crippen LogP contribution in [0.1, 0.15) is 12.0 Å². The molecule has 1 aromatic rings. The molecule has 0 spiro atoms. The van der Waals surface area contributed by atoms with Gasteiger partial charge in [0, 0.05) is 30.5 Å². The number of carbonyl (C=O) groups excluding carboxylic acids is 1. The monoisotopic (exact) mass is 330 g/mol. The van der Waals surface area contributed by atoms with Gasteiger partial charge in [0.15, 0.2) is 0 Å². The van der Waals surface area contributed by atoms with Gasteiger partial charge >= 0.3 is 0 Å². The Morgan fingerprint density at radius 3 is 3.10 bits per heavy atom. The average Bonchev–Trinajstić information content (AvgIpc) is 2.45. The predicted octanol–water partition coefficient (Wildman–Crippen LogP) is 2.01. The van der Waals surface area contributed by atoms with Gasteiger partial charge in [-0.15, -0.1) is 12.4 Å². The summed E-state index contributed by atoms with van der Waals surface area (Å²) in [5.74, 6) is 3.11. The quantitative estimate of drug-likeness (QED) is 0.783. The van der Waals surface area contributed by atoms with Crippen LogP contribution in [0.25, 0.3) is 0 Å². The molecule has 2 N–H and O–H groups in total. The number of benzene rings is 1. The van der Waals surface area contributed by atoms with Gasteiger partial charge in [0.25, 0.3) is 0 Å². The van der Waals surface area contributed by atoms with E-state index in [1.54, 1.807) is 0 Å². The van der Waals surface area contributed by atoms with Crippen LogP contribution in [0.3, 0.4) is 0 Å². The van der Waals surface area contributed by atoms with Crippen LogP contribution in [0.15, 0.2) is 24.3 Å². The van der Waals surface area contributed by atoms with Crippen molar-refractivity contribution in [1.82, 2.24) is 10.6 Å². The summed E-state index contributed by atoms with van der Waals surface area (Å²) >= 11 is 1.90. The Hall–Kier alpha value is -0.910. The summed E-state index contributed by atoms with van der Waals surface area (Å²) in [6.45, 7) is 4.08. The van der Waals surface area contributed by atoms with Crippen molar-refractivity contribution in [3.63, 3.8) is 0 Å². The summed E-state index contributed by atoms with van der Waals surface area (Å²) in [5, 5.41) is 6.26. The van der Waals surface area contributed by atoms with Crippen LogP contribution in [-0.2, 0) is 4.79 Å². The van der Waals surface area contributed by atoms with Crippen molar-refractivity contribution in [1.29, 1.82) is 0 Å². The normalized spacial score (nSPS) is 17.7. The maximum Gasteiger partial charge on any atom is 0.221 e. The van der Waals surface area contributed by atoms with E-state index < -0.39 is 0 Å². The zero-order chi connectivity index (χ0) is 14.2. The number of nitrogens with one attached hydrogen (secondary N) is 2. The first kappa shape index (κ1) is 18.1. The first-order chi connectivity index (χ1) is 9.74. The molecule has 1 unspecified atom stereocenters. The van der Waals surface area contributed by atoms with E-state index in [4.69, 9.17) is 4.74 Å². The van der Waals surface area contributed by atoms with Crippen LogP contribution in [0.4, 0.5) is 0 Å². The Morgan fingerprint density at radius 1 is 1.52 bits per heavy atom. The maximum atomic E-state index is 11.8. The van der Waals surface area contributed by atoms with Gasteiger partial charge in [-0.1, -0.05) is 12.1 Å². The molecule has 1 aliphatic heterocycles. The average molecular weight is 331 g/mol. The SMILES string of the molecule is Cc1cccc(OCCNC(=O)CC2CSCCN2)c1.Cl. The van der Waals surface area contributed by atoms with E-state index in [9.17, 15) is 4.79 Å². The maximum absolute atomic E-state index is 11.8. The standard InChI is InChI=1S/C15H22N2O2S.ClH/c1-12-3-2-4-14(9-12)19-7-5-17-15(18)10-13-11-20-8-6-16-13;/h2-4,9,13,16H,5-8,10-11H2,1H3,(H,17,18);1H. The Labute approximate surface area is 136 Å². The summed E-state index contributed by atoms with van der Waals surface area (Å²) in [6, 6.07) is 8.23. The molecule has 21 heavy (non-hydrogen) atoms. The van der Waals surface area contributed by atoms with Crippen molar-refractivity contribution >= 4 is 30.1 Å². The molecule has 4 nitrogen and oxygen atoms in total. The van der Waals surface area contributed by atoms with Crippen LogP contribution < -0.4 is 15.4 Å². The zero-order valence-corrected chi connectivity index (χ0v) is 13.9. The van der Waals surface area contributed by atoms with E-state index in [1.807, 2.05) is 43.0 Å². The Morgan fingerprint density at radius 2 is 2.38 bits per heavy atom. The van der Waals surface area contributed by atoms with Gasteiger partial charge < -0.3 is 15.4 Å². The minimum atomic E-state index is 0. The lowest BCUT2D eigenvalue weighted by Gasteiger charge is -2.22. The highest BCUT2D eigenvalue weighted by atomic mass is 35.5. The van der Waals surface area contributed by atoms with Crippen LogP contribution in [0, 0.1) is 6.92 Å². The molecular formula is C15H23ClN2O2S. The second kappa shape index (κ2) is 9.92. The first-order valence-corrected chi connectivity index (χ1v) is 8.17. The van der Waals surface area contributed by atoms with Crippen LogP contribution in [0.2, 0.25) is 0 Å². The van der Waals surface area contributed by atoms with E-state index in [2.05, 4.69) is 10.6 Å². The highest BCUT2D eigenvalue weighted by molar-refractivity contribution is 7.99. The van der Waals surface area contributed by atoms with Gasteiger partial charge in [-0.25, -0.2) is 0 Å². The lowest BCUT2D eigenvalue weighted by atomic mass is 10.2. The van der Waals surface area contributed by atoms with Crippen molar-refractivity contribution in [2.24, 2.45) is 0 Å². The van der Waals surface area contributed by atoms with Gasteiger partial charge in [-0.05, 0) is 24.6 Å². The fraction of sp³-hybridized carbons (Fsp3) is 0.533. The Kier molecular flexibility index (Phi) is 8.57. The molecule has 6 heteroatoms. The number of halogens is 1. The molecule has 2 rings (SSSR count). The molecule has 1 atom stereocenters. The van der Waals surface area contributed by atoms with Gasteiger partial charge in [0.2, 0.25) is 5.91 Å². The molecule has 1 aromatic carbocycles. The highest BCUT2D eigenvalue weighted by Crippen LogP contribution is 2.12. The summed E-state index contributed by atoms with van der Waals surface area (Å²) < 4.78 is 5.59. The summed E-state index contributed by atoms with van der Waals surface area (Å²) in [6.07, 6.45) is 0.553. The van der Waals surface area contributed by atoms with Gasteiger partial charge in [-0.3, -0.25) is 4.79 Å². The van der Waals surface area contributed by atoms with Crippen molar-refractivity contribution in [2.75, 3.05) is 31.2 Å². The zero-order valence-electron chi connectivity index (χ0n) is 12.3. The molecule has 1 aliphatic rings. The first-order valence-electron chi connectivity index (χ1n) is 7.01. The second-order valence-electron chi connectivity index (χ2n) is 4.95. The molecular weight excluding hydrogens is 308 g/mol. The lowest BCUT2D eigenvalue weighted by molar-refractivity contribution is -0.121. The van der Waals surface area contributed by atoms with Gasteiger partial charge in [0.05, 0.1) is 6.54 Å². The van der Waals surface area contributed by atoms with E-state index in [0.29, 0.717) is 25.6 Å². The van der Waals surface area contributed by atoms with Crippen molar-refractivity contribution in [2.45, 2.75) is 19.4 Å². The Bertz CT molecular complexity index is 439. The molecule has 1 heterocycles. The number of thioether (sulfide) groups is 1. The van der Waals surface area contributed by atoms with Crippen LogP contribution >= 0.6 is 24.2 Å². The van der Waals surface area contributed by atoms with Crippen molar-refractivity contribution in [3.8, 4) is 5.75 Å². The number of hydrogen-bond donors (Lipinski definition) is 2. The Balaban J connectivity index is 0.00000220. The molecule has 0 radical (unpaired) electrons. The molecule has 118 valence electrons. The molecule has 1 fully saturated rings. The van der Waals surface area contributed by atoms with E-state index in [-0.39, 0.29) is 18.3 Å². The third kappa shape index (κ3) is 7.07. The number of hydrogen-bond acceptors (Lipinski definition) is 4. The van der Waals surface area contributed by atoms with Crippen LogP contribution in [0.5, 0.6) is 5.75 Å². The lowest BCUT2D eigenvalue weighted by Crippen LogP contribution is -2.41. The van der Waals surface area contributed by atoms with E-state index >= 15 is 0 Å². The molecule has 0 saturated carbocycles. The fourth-order valence-corrected chi connectivity index (χ4v) is 3.06. The minimum absolute atomic E-state index is 0. The van der Waals surface area contributed by atoms with Crippen LogP contribution in [-0.4, -0.2) is 43.2 Å². The van der Waals surface area contributed by atoms with E-state index in [1.165, 1.54) is 5.56 Å². The van der Waals surface area contributed by atoms with Crippen molar-refractivity contribution < 1.29 is 9.53 Å². The molecule has 1 amide bonds. The third-order valence-electron chi connectivity index (χ3n) is 3.11. The molecule has 0 aliphatic carbocycles. The van der Waals surface area contributed by atoms with Gasteiger partial charge in [0.1, 0.15) is 12.4 Å². The number of rotatable bonds is 6. The smallest absolute Gasteiger partial charge is 0.221 e. The molecule has 1 saturated heterocycles. The van der Waals surface area contributed by atoms with Gasteiger partial charge in [-0.2, -0.15) is 11.8 Å². The number of ether oxygens (including phenoxy) is 1. The van der Waals surface area contributed by atoms with E-state index in [0.717, 1.165) is 23.8 Å². The number of aryl methyl sites for hydroxylation is 1. The second-order valence-corrected chi connectivity index (χ2v) is 6.09. The third-order valence-corrected chi connectivity index (χ3v) is 4.24.